The third-order valence-electron chi connectivity index (χ3n) is 8.06. The first kappa shape index (κ1) is 23.7. The number of aromatic carboxylic acids is 1. The van der Waals surface area contributed by atoms with E-state index in [9.17, 15) is 9.90 Å². The van der Waals surface area contributed by atoms with Crippen LogP contribution in [0.3, 0.4) is 0 Å². The van der Waals surface area contributed by atoms with Crippen LogP contribution in [0.15, 0.2) is 78.9 Å². The highest BCUT2D eigenvalue weighted by Crippen LogP contribution is 2.46. The summed E-state index contributed by atoms with van der Waals surface area (Å²) in [5, 5.41) is 16.3. The molecular formula is C33H33NO3. The van der Waals surface area contributed by atoms with Crippen LogP contribution in [-0.2, 0) is 0 Å². The Bertz CT molecular complexity index is 1470. The fourth-order valence-electron chi connectivity index (χ4n) is 6.10. The van der Waals surface area contributed by atoms with Crippen molar-refractivity contribution in [1.82, 2.24) is 5.32 Å². The summed E-state index contributed by atoms with van der Waals surface area (Å²) < 4.78 is 6.46. The summed E-state index contributed by atoms with van der Waals surface area (Å²) in [5.41, 5.74) is 6.08. The Morgan fingerprint density at radius 2 is 1.78 bits per heavy atom. The van der Waals surface area contributed by atoms with E-state index in [1.54, 1.807) is 0 Å². The maximum absolute atomic E-state index is 12.2. The Balaban J connectivity index is 1.27. The minimum Gasteiger partial charge on any atom is -0.489 e. The Hall–Kier alpha value is -3.63. The van der Waals surface area contributed by atoms with Crippen molar-refractivity contribution in [2.24, 2.45) is 0 Å². The third kappa shape index (κ3) is 4.62. The van der Waals surface area contributed by atoms with Gasteiger partial charge < -0.3 is 15.2 Å². The molecule has 0 saturated heterocycles. The molecule has 1 aliphatic carbocycles. The maximum atomic E-state index is 12.2. The van der Waals surface area contributed by atoms with Crippen LogP contribution in [0.4, 0.5) is 0 Å². The molecule has 0 unspecified atom stereocenters. The number of nitrogens with one attached hydrogen (secondary N) is 1. The number of para-hydroxylation sites is 1. The summed E-state index contributed by atoms with van der Waals surface area (Å²) in [4.78, 5) is 12.2. The van der Waals surface area contributed by atoms with Gasteiger partial charge in [0, 0.05) is 24.1 Å². The number of aryl methyl sites for hydroxylation is 1. The Labute approximate surface area is 218 Å². The van der Waals surface area contributed by atoms with Crippen LogP contribution < -0.4 is 10.1 Å². The van der Waals surface area contributed by atoms with Gasteiger partial charge >= 0.3 is 5.97 Å². The number of carbonyl (C=O) groups is 1. The van der Waals surface area contributed by atoms with Gasteiger partial charge in [0.25, 0.3) is 0 Å². The summed E-state index contributed by atoms with van der Waals surface area (Å²) in [6.45, 7) is 4.98. The Morgan fingerprint density at radius 3 is 2.59 bits per heavy atom. The molecule has 0 bridgehead atoms. The third-order valence-corrected chi connectivity index (χ3v) is 8.06. The van der Waals surface area contributed by atoms with Crippen molar-refractivity contribution in [1.29, 1.82) is 0 Å². The average molecular weight is 492 g/mol. The summed E-state index contributed by atoms with van der Waals surface area (Å²) in [5.74, 6) is 0.558. The van der Waals surface area contributed by atoms with E-state index in [1.807, 2.05) is 24.3 Å². The van der Waals surface area contributed by atoms with Crippen molar-refractivity contribution in [3.63, 3.8) is 0 Å². The van der Waals surface area contributed by atoms with E-state index in [0.717, 1.165) is 47.3 Å². The zero-order valence-corrected chi connectivity index (χ0v) is 21.4. The SMILES string of the molecule is Cc1cc([C@@H]2C[C@H](CN[C@H](C)c3cccc4ccccc34)Oc3ccccc32)cc(C(=O)O)c1C1CC1. The highest BCUT2D eigenvalue weighted by molar-refractivity contribution is 5.91. The molecule has 37 heavy (non-hydrogen) atoms. The molecule has 6 rings (SSSR count). The number of hydrogen-bond acceptors (Lipinski definition) is 3. The fraction of sp³-hybridized carbons (Fsp3) is 0.303. The number of carboxylic acid groups (broad SMARTS) is 1. The normalized spacial score (nSPS) is 19.7. The van der Waals surface area contributed by atoms with Crippen LogP contribution >= 0.6 is 0 Å². The lowest BCUT2D eigenvalue weighted by Crippen LogP contribution is -2.37. The molecule has 4 aromatic carbocycles. The maximum Gasteiger partial charge on any atom is 0.335 e. The zero-order valence-electron chi connectivity index (χ0n) is 21.4. The van der Waals surface area contributed by atoms with E-state index >= 15 is 0 Å². The second kappa shape index (κ2) is 9.68. The van der Waals surface area contributed by atoms with Gasteiger partial charge in [-0.1, -0.05) is 66.7 Å². The van der Waals surface area contributed by atoms with Crippen molar-refractivity contribution in [3.05, 3.63) is 112 Å². The molecular weight excluding hydrogens is 458 g/mol. The quantitative estimate of drug-likeness (QED) is 0.284. The van der Waals surface area contributed by atoms with Crippen LogP contribution in [0.25, 0.3) is 10.8 Å². The van der Waals surface area contributed by atoms with E-state index < -0.39 is 5.97 Å². The molecule has 1 saturated carbocycles. The van der Waals surface area contributed by atoms with Crippen molar-refractivity contribution in [3.8, 4) is 5.75 Å². The molecule has 2 N–H and O–H groups in total. The predicted octanol–water partition coefficient (Wildman–Crippen LogP) is 7.36. The predicted molar refractivity (Wildman–Crippen MR) is 148 cm³/mol. The molecule has 2 aliphatic rings. The summed E-state index contributed by atoms with van der Waals surface area (Å²) in [6, 6.07) is 27.5. The van der Waals surface area contributed by atoms with E-state index in [-0.39, 0.29) is 18.1 Å². The second-order valence-electron chi connectivity index (χ2n) is 10.6. The number of fused-ring (bicyclic) bond motifs is 2. The smallest absolute Gasteiger partial charge is 0.335 e. The number of ether oxygens (including phenoxy) is 1. The number of rotatable bonds is 7. The molecule has 1 heterocycles. The van der Waals surface area contributed by atoms with Crippen molar-refractivity contribution < 1.29 is 14.6 Å². The van der Waals surface area contributed by atoms with Gasteiger partial charge in [-0.25, -0.2) is 4.79 Å². The topological polar surface area (TPSA) is 58.6 Å². The van der Waals surface area contributed by atoms with E-state index in [2.05, 4.69) is 73.8 Å². The van der Waals surface area contributed by atoms with Gasteiger partial charge in [0.1, 0.15) is 11.9 Å². The largest absolute Gasteiger partial charge is 0.489 e. The lowest BCUT2D eigenvalue weighted by molar-refractivity contribution is 0.0695. The molecule has 1 fully saturated rings. The molecule has 4 aromatic rings. The lowest BCUT2D eigenvalue weighted by Gasteiger charge is -2.34. The molecule has 0 spiro atoms. The van der Waals surface area contributed by atoms with Crippen LogP contribution in [-0.4, -0.2) is 23.7 Å². The van der Waals surface area contributed by atoms with Gasteiger partial charge in [-0.3, -0.25) is 0 Å². The number of benzene rings is 4. The van der Waals surface area contributed by atoms with Crippen LogP contribution in [0.2, 0.25) is 0 Å². The van der Waals surface area contributed by atoms with Crippen LogP contribution in [0.5, 0.6) is 5.75 Å². The zero-order chi connectivity index (χ0) is 25.5. The molecule has 4 heteroatoms. The summed E-state index contributed by atoms with van der Waals surface area (Å²) in [7, 11) is 0. The van der Waals surface area contributed by atoms with Crippen molar-refractivity contribution in [2.75, 3.05) is 6.54 Å². The van der Waals surface area contributed by atoms with Crippen LogP contribution in [0, 0.1) is 6.92 Å². The molecule has 3 atom stereocenters. The second-order valence-corrected chi connectivity index (χ2v) is 10.6. The lowest BCUT2D eigenvalue weighted by atomic mass is 9.81. The van der Waals surface area contributed by atoms with Gasteiger partial charge in [-0.15, -0.1) is 0 Å². The molecule has 0 radical (unpaired) electrons. The first-order chi connectivity index (χ1) is 18.0. The fourth-order valence-corrected chi connectivity index (χ4v) is 6.10. The van der Waals surface area contributed by atoms with Crippen LogP contribution in [0.1, 0.15) is 82.2 Å². The molecule has 4 nitrogen and oxygen atoms in total. The molecule has 0 amide bonds. The van der Waals surface area contributed by atoms with Gasteiger partial charge in [0.15, 0.2) is 0 Å². The standard InChI is InChI=1S/C33H33NO3/c1-20-16-24(17-30(33(35)36)32(20)23-14-15-23)29-18-25(37-31-13-6-5-11-28(29)31)19-34-21(2)26-12-7-9-22-8-3-4-10-27(22)26/h3-13,16-17,21,23,25,29,34H,14-15,18-19H2,1-2H3,(H,35,36)/t21-,25-,29+/m1/s1. The van der Waals surface area contributed by atoms with Gasteiger partial charge in [0.2, 0.25) is 0 Å². The van der Waals surface area contributed by atoms with E-state index in [4.69, 9.17) is 4.74 Å². The number of carboxylic acids is 1. The Kier molecular flexibility index (Phi) is 6.21. The molecule has 0 aromatic heterocycles. The van der Waals surface area contributed by atoms with E-state index in [1.165, 1.54) is 16.3 Å². The van der Waals surface area contributed by atoms with Crippen molar-refractivity contribution in [2.45, 2.75) is 57.1 Å². The molecule has 1 aliphatic heterocycles. The van der Waals surface area contributed by atoms with E-state index in [0.29, 0.717) is 18.0 Å². The first-order valence-corrected chi connectivity index (χ1v) is 13.3. The highest BCUT2D eigenvalue weighted by atomic mass is 16.5. The minimum absolute atomic E-state index is 0.0194. The number of hydrogen-bond donors (Lipinski definition) is 2. The van der Waals surface area contributed by atoms with Gasteiger partial charge in [0.05, 0.1) is 5.56 Å². The average Bonchev–Trinajstić information content (AvgIpc) is 3.75. The Morgan fingerprint density at radius 1 is 1.03 bits per heavy atom. The summed E-state index contributed by atoms with van der Waals surface area (Å²) in [6.07, 6.45) is 2.95. The highest BCUT2D eigenvalue weighted by Gasteiger charge is 2.34. The first-order valence-electron chi connectivity index (χ1n) is 13.3. The van der Waals surface area contributed by atoms with Gasteiger partial charge in [-0.05, 0) is 84.2 Å². The minimum atomic E-state index is -0.825. The van der Waals surface area contributed by atoms with Crippen molar-refractivity contribution >= 4 is 16.7 Å². The monoisotopic (exact) mass is 491 g/mol. The molecule has 188 valence electrons. The summed E-state index contributed by atoms with van der Waals surface area (Å²) >= 11 is 0. The van der Waals surface area contributed by atoms with Gasteiger partial charge in [-0.2, -0.15) is 0 Å².